The average Bonchev–Trinajstić information content (AvgIpc) is 2.84. The highest BCUT2D eigenvalue weighted by atomic mass is 35.5. The van der Waals surface area contributed by atoms with E-state index in [1.165, 1.54) is 11.1 Å². The molecule has 126 valence electrons. The molecule has 0 bridgehead atoms. The normalized spacial score (nSPS) is 11.3. The standard InChI is InChI=1S/C23H17ClN2/c24-22-16-23(21-10-6-2-5-9-20(21)22)26-25-19-13-11-18(12-14-19)15-17-7-3-1-4-8-17/h1-14,16H,15H2. The quantitative estimate of drug-likeness (QED) is 0.339. The Morgan fingerprint density at radius 1 is 0.615 bits per heavy atom. The summed E-state index contributed by atoms with van der Waals surface area (Å²) in [6.45, 7) is 0. The Balaban J connectivity index is 1.53. The minimum Gasteiger partial charge on any atom is -0.151 e. The molecule has 0 amide bonds. The maximum absolute atomic E-state index is 6.31. The van der Waals surface area contributed by atoms with Crippen molar-refractivity contribution in [3.05, 3.63) is 107 Å². The molecule has 0 radical (unpaired) electrons. The lowest BCUT2D eigenvalue weighted by Crippen LogP contribution is -1.86. The predicted molar refractivity (Wildman–Crippen MR) is 108 cm³/mol. The van der Waals surface area contributed by atoms with Crippen molar-refractivity contribution in [3.8, 4) is 11.1 Å². The van der Waals surface area contributed by atoms with Crippen molar-refractivity contribution < 1.29 is 0 Å². The van der Waals surface area contributed by atoms with E-state index < -0.39 is 0 Å². The van der Waals surface area contributed by atoms with Crippen LogP contribution in [0.5, 0.6) is 0 Å². The van der Waals surface area contributed by atoms with Crippen molar-refractivity contribution >= 4 is 23.0 Å². The number of hydrogen-bond donors (Lipinski definition) is 0. The number of azo groups is 1. The molecule has 0 saturated heterocycles. The fourth-order valence-corrected chi connectivity index (χ4v) is 3.23. The topological polar surface area (TPSA) is 24.7 Å². The Bertz CT molecular complexity index is 1010. The van der Waals surface area contributed by atoms with Gasteiger partial charge in [-0.1, -0.05) is 84.4 Å². The number of rotatable bonds is 4. The lowest BCUT2D eigenvalue weighted by atomic mass is 10.1. The molecule has 0 spiro atoms. The molecular weight excluding hydrogens is 340 g/mol. The monoisotopic (exact) mass is 356 g/mol. The molecule has 0 N–H and O–H groups in total. The largest absolute Gasteiger partial charge is 0.151 e. The highest BCUT2D eigenvalue weighted by Crippen LogP contribution is 2.40. The van der Waals surface area contributed by atoms with Crippen LogP contribution in [-0.4, -0.2) is 0 Å². The zero-order valence-electron chi connectivity index (χ0n) is 14.1. The van der Waals surface area contributed by atoms with Gasteiger partial charge in [0, 0.05) is 11.1 Å². The number of halogens is 1. The van der Waals surface area contributed by atoms with E-state index >= 15 is 0 Å². The first-order valence-electron chi connectivity index (χ1n) is 8.51. The maximum atomic E-state index is 6.31. The molecule has 0 heterocycles. The van der Waals surface area contributed by atoms with E-state index in [0.29, 0.717) is 5.02 Å². The molecule has 0 fully saturated rings. The van der Waals surface area contributed by atoms with Gasteiger partial charge in [-0.15, -0.1) is 5.11 Å². The van der Waals surface area contributed by atoms with Crippen LogP contribution in [0.3, 0.4) is 0 Å². The molecule has 2 aromatic rings. The number of nitrogens with zero attached hydrogens (tertiary/aromatic N) is 2. The molecule has 2 aromatic carbocycles. The third kappa shape index (κ3) is 3.66. The zero-order chi connectivity index (χ0) is 17.8. The minimum atomic E-state index is 0.698. The molecule has 2 aliphatic rings. The minimum absolute atomic E-state index is 0.698. The molecule has 2 aliphatic carbocycles. The zero-order valence-corrected chi connectivity index (χ0v) is 14.9. The molecular formula is C23H17ClN2. The lowest BCUT2D eigenvalue weighted by Gasteiger charge is -2.02. The van der Waals surface area contributed by atoms with Gasteiger partial charge in [-0.05, 0) is 35.7 Å². The summed E-state index contributed by atoms with van der Waals surface area (Å²) in [5, 5.41) is 9.48. The summed E-state index contributed by atoms with van der Waals surface area (Å²) in [7, 11) is 0. The molecule has 0 aliphatic heterocycles. The van der Waals surface area contributed by atoms with Crippen molar-refractivity contribution in [2.75, 3.05) is 0 Å². The number of fused-ring (bicyclic) bond motifs is 1. The van der Waals surface area contributed by atoms with Crippen LogP contribution < -0.4 is 0 Å². The van der Waals surface area contributed by atoms with Gasteiger partial charge in [-0.2, -0.15) is 5.11 Å². The van der Waals surface area contributed by atoms with Gasteiger partial charge in [0.05, 0.1) is 16.4 Å². The van der Waals surface area contributed by atoms with Crippen LogP contribution in [0.1, 0.15) is 11.1 Å². The van der Waals surface area contributed by atoms with Crippen LogP contribution in [0.15, 0.2) is 101 Å². The summed E-state index contributed by atoms with van der Waals surface area (Å²) in [6.07, 6.45) is 0.915. The SMILES string of the molecule is Clc1cc(N=Nc2ccc(Cc3ccccc3)cc2)c2cccccc1-2. The van der Waals surface area contributed by atoms with Gasteiger partial charge < -0.3 is 0 Å². The highest BCUT2D eigenvalue weighted by molar-refractivity contribution is 6.34. The van der Waals surface area contributed by atoms with Crippen LogP contribution in [0.25, 0.3) is 11.1 Å². The van der Waals surface area contributed by atoms with Gasteiger partial charge in [0.2, 0.25) is 0 Å². The summed E-state index contributed by atoms with van der Waals surface area (Å²) >= 11 is 6.31. The van der Waals surface area contributed by atoms with E-state index in [-0.39, 0.29) is 0 Å². The van der Waals surface area contributed by atoms with Crippen LogP contribution in [0, 0.1) is 0 Å². The average molecular weight is 357 g/mol. The van der Waals surface area contributed by atoms with Crippen LogP contribution >= 0.6 is 11.6 Å². The third-order valence-electron chi connectivity index (χ3n) is 4.30. The van der Waals surface area contributed by atoms with Crippen molar-refractivity contribution in [1.82, 2.24) is 0 Å². The second-order valence-corrected chi connectivity index (χ2v) is 6.55. The number of hydrogen-bond acceptors (Lipinski definition) is 2. The fraction of sp³-hybridized carbons (Fsp3) is 0.0435. The summed E-state index contributed by atoms with van der Waals surface area (Å²) in [6, 6.07) is 30.4. The Labute approximate surface area is 158 Å². The van der Waals surface area contributed by atoms with Gasteiger partial charge in [-0.3, -0.25) is 0 Å². The molecule has 26 heavy (non-hydrogen) atoms. The van der Waals surface area contributed by atoms with E-state index in [1.54, 1.807) is 0 Å². The molecule has 0 aromatic heterocycles. The Hall–Kier alpha value is -2.97. The van der Waals surface area contributed by atoms with Crippen molar-refractivity contribution in [2.24, 2.45) is 10.2 Å². The second-order valence-electron chi connectivity index (χ2n) is 6.14. The second kappa shape index (κ2) is 7.51. The van der Waals surface area contributed by atoms with Crippen LogP contribution in [0.2, 0.25) is 5.02 Å². The van der Waals surface area contributed by atoms with E-state index in [1.807, 2.05) is 54.6 Å². The lowest BCUT2D eigenvalue weighted by molar-refractivity contribution is 1.18. The predicted octanol–water partition coefficient (Wildman–Crippen LogP) is 7.45. The summed E-state index contributed by atoms with van der Waals surface area (Å²) in [5.41, 5.74) is 6.16. The van der Waals surface area contributed by atoms with E-state index in [0.717, 1.165) is 28.9 Å². The summed E-state index contributed by atoms with van der Waals surface area (Å²) in [4.78, 5) is 0. The summed E-state index contributed by atoms with van der Waals surface area (Å²) < 4.78 is 0. The van der Waals surface area contributed by atoms with Crippen molar-refractivity contribution in [3.63, 3.8) is 0 Å². The molecule has 4 rings (SSSR count). The third-order valence-corrected chi connectivity index (χ3v) is 4.61. The van der Waals surface area contributed by atoms with E-state index in [9.17, 15) is 0 Å². The first kappa shape index (κ1) is 16.5. The Kier molecular flexibility index (Phi) is 4.76. The first-order chi connectivity index (χ1) is 12.8. The summed E-state index contributed by atoms with van der Waals surface area (Å²) in [5.74, 6) is 0. The van der Waals surface area contributed by atoms with Gasteiger partial charge in [0.15, 0.2) is 0 Å². The smallest absolute Gasteiger partial charge is 0.0950 e. The molecule has 2 nitrogen and oxygen atoms in total. The van der Waals surface area contributed by atoms with Gasteiger partial charge >= 0.3 is 0 Å². The molecule has 3 heteroatoms. The number of benzene rings is 2. The van der Waals surface area contributed by atoms with Gasteiger partial charge in [0.1, 0.15) is 0 Å². The first-order valence-corrected chi connectivity index (χ1v) is 8.89. The molecule has 0 atom stereocenters. The van der Waals surface area contributed by atoms with Crippen LogP contribution in [-0.2, 0) is 6.42 Å². The Morgan fingerprint density at radius 2 is 1.23 bits per heavy atom. The Morgan fingerprint density at radius 3 is 1.96 bits per heavy atom. The maximum Gasteiger partial charge on any atom is 0.0950 e. The van der Waals surface area contributed by atoms with E-state index in [4.69, 9.17) is 11.6 Å². The van der Waals surface area contributed by atoms with E-state index in [2.05, 4.69) is 46.6 Å². The molecule has 0 saturated carbocycles. The van der Waals surface area contributed by atoms with Crippen LogP contribution in [0.4, 0.5) is 11.4 Å². The fourth-order valence-electron chi connectivity index (χ4n) is 2.96. The van der Waals surface area contributed by atoms with Crippen molar-refractivity contribution in [1.29, 1.82) is 0 Å². The van der Waals surface area contributed by atoms with Gasteiger partial charge in [0.25, 0.3) is 0 Å². The van der Waals surface area contributed by atoms with Gasteiger partial charge in [-0.25, -0.2) is 0 Å². The highest BCUT2D eigenvalue weighted by Gasteiger charge is 2.12. The van der Waals surface area contributed by atoms with Crippen molar-refractivity contribution in [2.45, 2.75) is 6.42 Å². The molecule has 0 unspecified atom stereocenters.